The summed E-state index contributed by atoms with van der Waals surface area (Å²) in [5, 5.41) is 30.7. The third-order valence-electron chi connectivity index (χ3n) is 7.93. The molecule has 1 saturated carbocycles. The van der Waals surface area contributed by atoms with E-state index in [0.29, 0.717) is 43.5 Å². The highest BCUT2D eigenvalue weighted by Gasteiger charge is 2.50. The SMILES string of the molecule is CNC1(N(C)C(=O)C2=C(O)C(=O)C(C(=N)SC(=N)Cc3ccc(F)cc3F)=C[NH2+]2)CCC(C(=O)N2CC(F)(F)C2)CC1. The van der Waals surface area contributed by atoms with E-state index in [-0.39, 0.29) is 34.2 Å². The van der Waals surface area contributed by atoms with E-state index in [2.05, 4.69) is 5.32 Å². The number of aliphatic hydroxyl groups excluding tert-OH is 1. The maximum atomic E-state index is 13.9. The number of likely N-dealkylation sites (tertiary alicyclic amines) is 1. The number of hydrogen-bond acceptors (Lipinski definition) is 8. The van der Waals surface area contributed by atoms with Crippen LogP contribution in [0, 0.1) is 28.4 Å². The van der Waals surface area contributed by atoms with Crippen LogP contribution in [0.15, 0.2) is 41.4 Å². The van der Waals surface area contributed by atoms with Crippen LogP contribution in [0.2, 0.25) is 0 Å². The van der Waals surface area contributed by atoms with E-state index in [4.69, 9.17) is 10.8 Å². The Hall–Kier alpha value is -3.56. The molecule has 1 saturated heterocycles. The Labute approximate surface area is 243 Å². The van der Waals surface area contributed by atoms with Crippen molar-refractivity contribution in [2.24, 2.45) is 5.92 Å². The number of Topliss-reactive ketones (excluding diaryl/α,β-unsaturated/α-hetero) is 1. The molecule has 0 bridgehead atoms. The van der Waals surface area contributed by atoms with Gasteiger partial charge in [-0.2, -0.15) is 0 Å². The number of halogens is 4. The quantitative estimate of drug-likeness (QED) is 0.138. The first-order valence-corrected chi connectivity index (χ1v) is 13.9. The lowest BCUT2D eigenvalue weighted by atomic mass is 9.79. The number of likely N-dealkylation sites (N-methyl/N-ethyl adjacent to an activating group) is 1. The molecule has 1 aromatic rings. The van der Waals surface area contributed by atoms with Gasteiger partial charge in [-0.3, -0.25) is 35.8 Å². The second-order valence-electron chi connectivity index (χ2n) is 10.6. The van der Waals surface area contributed by atoms with Gasteiger partial charge >= 0.3 is 5.91 Å². The minimum atomic E-state index is -2.86. The Morgan fingerprint density at radius 3 is 2.43 bits per heavy atom. The van der Waals surface area contributed by atoms with Gasteiger partial charge in [0.25, 0.3) is 5.92 Å². The van der Waals surface area contributed by atoms with Crippen molar-refractivity contribution in [2.45, 2.75) is 43.7 Å². The van der Waals surface area contributed by atoms with E-state index in [1.54, 1.807) is 7.05 Å². The van der Waals surface area contributed by atoms with Gasteiger partial charge in [0.2, 0.25) is 23.1 Å². The summed E-state index contributed by atoms with van der Waals surface area (Å²) in [7, 11) is 3.12. The Morgan fingerprint density at radius 1 is 1.21 bits per heavy atom. The van der Waals surface area contributed by atoms with Gasteiger partial charge in [-0.25, -0.2) is 17.6 Å². The largest absolute Gasteiger partial charge is 0.500 e. The molecule has 0 unspecified atom stereocenters. The molecule has 0 spiro atoms. The lowest BCUT2D eigenvalue weighted by molar-refractivity contribution is -0.532. The van der Waals surface area contributed by atoms with Crippen LogP contribution in [-0.4, -0.2) is 81.4 Å². The molecular weight excluding hydrogens is 580 g/mol. The second kappa shape index (κ2) is 12.0. The van der Waals surface area contributed by atoms with Crippen LogP contribution in [0.1, 0.15) is 31.2 Å². The third-order valence-corrected chi connectivity index (χ3v) is 8.74. The highest BCUT2D eigenvalue weighted by molar-refractivity contribution is 8.26. The average molecular weight is 612 g/mol. The summed E-state index contributed by atoms with van der Waals surface area (Å²) in [4.78, 5) is 41.4. The molecular formula is C27H31F4N6O4S+. The summed E-state index contributed by atoms with van der Waals surface area (Å²) in [5.74, 6) is -7.81. The van der Waals surface area contributed by atoms with Crippen LogP contribution in [0.4, 0.5) is 17.6 Å². The summed E-state index contributed by atoms with van der Waals surface area (Å²) in [6.45, 7) is -1.18. The summed E-state index contributed by atoms with van der Waals surface area (Å²) in [5.41, 5.74) is -1.45. The smallest absolute Gasteiger partial charge is 0.313 e. The van der Waals surface area contributed by atoms with Crippen molar-refractivity contribution in [3.8, 4) is 0 Å². The Kier molecular flexibility index (Phi) is 8.94. The lowest BCUT2D eigenvalue weighted by Gasteiger charge is -2.47. The van der Waals surface area contributed by atoms with Crippen LogP contribution in [0.3, 0.4) is 0 Å². The van der Waals surface area contributed by atoms with E-state index in [0.717, 1.165) is 11.0 Å². The van der Waals surface area contributed by atoms with Gasteiger partial charge in [-0.15, -0.1) is 0 Å². The fraction of sp³-hybridized carbons (Fsp3) is 0.444. The number of alkyl halides is 2. The Balaban J connectivity index is 1.37. The summed E-state index contributed by atoms with van der Waals surface area (Å²) >= 11 is 0.557. The molecule has 226 valence electrons. The number of benzene rings is 1. The van der Waals surface area contributed by atoms with Crippen LogP contribution in [0.5, 0.6) is 0 Å². The van der Waals surface area contributed by atoms with Gasteiger partial charge in [0.05, 0.1) is 23.8 Å². The molecule has 6 N–H and O–H groups in total. The van der Waals surface area contributed by atoms with Gasteiger partial charge in [0.1, 0.15) is 28.5 Å². The molecule has 2 heterocycles. The molecule has 2 fully saturated rings. The number of amides is 2. The normalized spacial score (nSPS) is 23.7. The number of rotatable bonds is 7. The Morgan fingerprint density at radius 2 is 1.86 bits per heavy atom. The predicted molar refractivity (Wildman–Crippen MR) is 146 cm³/mol. The number of carbonyl (C=O) groups excluding carboxylic acids is 3. The fourth-order valence-electron chi connectivity index (χ4n) is 5.37. The van der Waals surface area contributed by atoms with Gasteiger partial charge in [-0.1, -0.05) is 17.8 Å². The van der Waals surface area contributed by atoms with Crippen molar-refractivity contribution in [1.29, 1.82) is 10.8 Å². The van der Waals surface area contributed by atoms with Crippen molar-refractivity contribution in [3.63, 3.8) is 0 Å². The molecule has 4 rings (SSSR count). The molecule has 15 heteroatoms. The number of hydrogen-bond donors (Lipinski definition) is 5. The zero-order valence-corrected chi connectivity index (χ0v) is 23.7. The molecule has 1 aromatic carbocycles. The van der Waals surface area contributed by atoms with Crippen molar-refractivity contribution in [3.05, 3.63) is 58.6 Å². The molecule has 3 aliphatic rings. The van der Waals surface area contributed by atoms with E-state index < -0.39 is 64.7 Å². The molecule has 0 aromatic heterocycles. The number of thioether (sulfide) groups is 1. The topological polar surface area (TPSA) is 154 Å². The van der Waals surface area contributed by atoms with Crippen molar-refractivity contribution >= 4 is 39.4 Å². The first-order chi connectivity index (χ1) is 19.7. The second-order valence-corrected chi connectivity index (χ2v) is 11.7. The standard InChI is InChI=1S/C27H30F4N6O4S/c1-34-27(7-5-14(6-8-27)24(40)37-12-26(30,31)13-37)36(2)25(41)20-22(39)21(38)17(11-35-20)23(33)42-19(32)9-15-3-4-16(28)10-18(15)29/h3-4,10-11,14,32-34,39H,5-9,12-13H2,1-2H3,(H,35,38)/p+1. The maximum Gasteiger partial charge on any atom is 0.313 e. The van der Waals surface area contributed by atoms with E-state index in [1.165, 1.54) is 29.5 Å². The van der Waals surface area contributed by atoms with Gasteiger partial charge in [0.15, 0.2) is 0 Å². The molecule has 2 aliphatic heterocycles. The predicted octanol–water partition coefficient (Wildman–Crippen LogP) is 2.04. The van der Waals surface area contributed by atoms with Gasteiger partial charge in [0, 0.05) is 25.5 Å². The molecule has 0 radical (unpaired) electrons. The molecule has 10 nitrogen and oxygen atoms in total. The van der Waals surface area contributed by atoms with E-state index >= 15 is 0 Å². The van der Waals surface area contributed by atoms with Crippen LogP contribution in [-0.2, 0) is 20.8 Å². The summed E-state index contributed by atoms with van der Waals surface area (Å²) < 4.78 is 53.5. The van der Waals surface area contributed by atoms with E-state index in [1.807, 2.05) is 0 Å². The first kappa shape index (κ1) is 31.4. The number of nitrogens with zero attached hydrogens (tertiary/aromatic N) is 2. The number of aliphatic hydroxyl groups is 1. The minimum absolute atomic E-state index is 0.0369. The van der Waals surface area contributed by atoms with Crippen molar-refractivity contribution < 1.29 is 42.4 Å². The third kappa shape index (κ3) is 6.27. The number of carbonyl (C=O) groups is 3. The zero-order chi connectivity index (χ0) is 31.0. The molecule has 42 heavy (non-hydrogen) atoms. The molecule has 0 atom stereocenters. The van der Waals surface area contributed by atoms with Crippen LogP contribution in [0.25, 0.3) is 0 Å². The number of allylic oxidation sites excluding steroid dienone is 1. The fourth-order valence-corrected chi connectivity index (χ4v) is 6.12. The summed E-state index contributed by atoms with van der Waals surface area (Å²) in [6.07, 6.45) is 2.29. The monoisotopic (exact) mass is 611 g/mol. The maximum absolute atomic E-state index is 13.9. The van der Waals surface area contributed by atoms with Crippen LogP contribution >= 0.6 is 11.8 Å². The van der Waals surface area contributed by atoms with Gasteiger partial charge in [-0.05, 0) is 44.4 Å². The molecule has 2 amide bonds. The highest BCUT2D eigenvalue weighted by Crippen LogP contribution is 2.37. The molecule has 1 aliphatic carbocycles. The van der Waals surface area contributed by atoms with Gasteiger partial charge < -0.3 is 14.9 Å². The summed E-state index contributed by atoms with van der Waals surface area (Å²) in [6, 6.07) is 2.91. The zero-order valence-electron chi connectivity index (χ0n) is 22.9. The number of quaternary nitrogens is 1. The minimum Gasteiger partial charge on any atom is -0.500 e. The van der Waals surface area contributed by atoms with E-state index in [9.17, 15) is 37.1 Å². The number of nitrogens with two attached hydrogens (primary N) is 1. The van der Waals surface area contributed by atoms with Crippen molar-refractivity contribution in [1.82, 2.24) is 15.1 Å². The lowest BCUT2D eigenvalue weighted by Crippen LogP contribution is -2.81. The average Bonchev–Trinajstić information content (AvgIpc) is 2.93. The van der Waals surface area contributed by atoms with Crippen molar-refractivity contribution in [2.75, 3.05) is 27.2 Å². The van der Waals surface area contributed by atoms with Crippen LogP contribution < -0.4 is 10.6 Å². The Bertz CT molecular complexity index is 1400. The first-order valence-electron chi connectivity index (χ1n) is 13.1. The number of ketones is 1. The number of nitrogens with one attached hydrogen (secondary N) is 3. The highest BCUT2D eigenvalue weighted by atomic mass is 32.2.